The SMILES string of the molecule is C=C(C)Oc1ccccc1O. The molecule has 0 aliphatic heterocycles. The highest BCUT2D eigenvalue weighted by molar-refractivity contribution is 5.38. The molecule has 0 spiro atoms. The number of benzene rings is 1. The van der Waals surface area contributed by atoms with Crippen molar-refractivity contribution < 1.29 is 9.84 Å². The highest BCUT2D eigenvalue weighted by Gasteiger charge is 1.98. The molecule has 0 saturated heterocycles. The smallest absolute Gasteiger partial charge is 0.168 e. The molecule has 0 amide bonds. The van der Waals surface area contributed by atoms with Crippen LogP contribution in [0, 0.1) is 0 Å². The molecule has 58 valence electrons. The Morgan fingerprint density at radius 2 is 2.09 bits per heavy atom. The van der Waals surface area contributed by atoms with E-state index in [1.807, 2.05) is 0 Å². The van der Waals surface area contributed by atoms with E-state index in [0.29, 0.717) is 11.5 Å². The Bertz CT molecular complexity index is 266. The van der Waals surface area contributed by atoms with Crippen molar-refractivity contribution in [2.45, 2.75) is 6.92 Å². The minimum atomic E-state index is 0.135. The highest BCUT2D eigenvalue weighted by Crippen LogP contribution is 2.25. The summed E-state index contributed by atoms with van der Waals surface area (Å²) < 4.78 is 5.10. The molecule has 0 fully saturated rings. The average molecular weight is 150 g/mol. The van der Waals surface area contributed by atoms with Crippen molar-refractivity contribution in [3.63, 3.8) is 0 Å². The Kier molecular flexibility index (Phi) is 2.16. The van der Waals surface area contributed by atoms with E-state index in [-0.39, 0.29) is 5.75 Å². The van der Waals surface area contributed by atoms with Crippen LogP contribution in [0.25, 0.3) is 0 Å². The summed E-state index contributed by atoms with van der Waals surface area (Å²) >= 11 is 0. The van der Waals surface area contributed by atoms with Gasteiger partial charge in [0.05, 0.1) is 5.76 Å². The largest absolute Gasteiger partial charge is 0.504 e. The number of hydrogen-bond donors (Lipinski definition) is 1. The van der Waals surface area contributed by atoms with Crippen molar-refractivity contribution in [2.24, 2.45) is 0 Å². The topological polar surface area (TPSA) is 29.5 Å². The fraction of sp³-hybridized carbons (Fsp3) is 0.111. The van der Waals surface area contributed by atoms with Crippen LogP contribution in [0.15, 0.2) is 36.6 Å². The Labute approximate surface area is 65.7 Å². The maximum absolute atomic E-state index is 9.19. The summed E-state index contributed by atoms with van der Waals surface area (Å²) in [5, 5.41) is 9.19. The van der Waals surface area contributed by atoms with Gasteiger partial charge in [-0.05, 0) is 19.1 Å². The van der Waals surface area contributed by atoms with Crippen LogP contribution in [-0.4, -0.2) is 5.11 Å². The Morgan fingerprint density at radius 3 is 2.64 bits per heavy atom. The quantitative estimate of drug-likeness (QED) is 0.655. The lowest BCUT2D eigenvalue weighted by Gasteiger charge is -2.04. The summed E-state index contributed by atoms with van der Waals surface area (Å²) in [6, 6.07) is 6.78. The van der Waals surface area contributed by atoms with E-state index in [9.17, 15) is 5.11 Å². The first-order valence-electron chi connectivity index (χ1n) is 3.31. The zero-order chi connectivity index (χ0) is 8.27. The van der Waals surface area contributed by atoms with Gasteiger partial charge in [-0.3, -0.25) is 0 Å². The summed E-state index contributed by atoms with van der Waals surface area (Å²) in [4.78, 5) is 0. The molecular weight excluding hydrogens is 140 g/mol. The Morgan fingerprint density at radius 1 is 1.45 bits per heavy atom. The molecule has 0 heterocycles. The van der Waals surface area contributed by atoms with Gasteiger partial charge in [-0.25, -0.2) is 0 Å². The third-order valence-corrected chi connectivity index (χ3v) is 1.15. The maximum atomic E-state index is 9.19. The van der Waals surface area contributed by atoms with Gasteiger partial charge in [0, 0.05) is 0 Å². The standard InChI is InChI=1S/C9H10O2/c1-7(2)11-9-6-4-3-5-8(9)10/h3-6,10H,1H2,2H3. The molecule has 0 saturated carbocycles. The van der Waals surface area contributed by atoms with E-state index in [1.165, 1.54) is 0 Å². The third kappa shape index (κ3) is 2.00. The van der Waals surface area contributed by atoms with Gasteiger partial charge >= 0.3 is 0 Å². The summed E-state index contributed by atoms with van der Waals surface area (Å²) in [5.41, 5.74) is 0. The van der Waals surface area contributed by atoms with Gasteiger partial charge in [0.1, 0.15) is 0 Å². The van der Waals surface area contributed by atoms with Crippen LogP contribution in [0.5, 0.6) is 11.5 Å². The van der Waals surface area contributed by atoms with Gasteiger partial charge in [-0.1, -0.05) is 18.7 Å². The minimum absolute atomic E-state index is 0.135. The van der Waals surface area contributed by atoms with Crippen LogP contribution < -0.4 is 4.74 Å². The van der Waals surface area contributed by atoms with Gasteiger partial charge in [0.15, 0.2) is 11.5 Å². The first-order valence-corrected chi connectivity index (χ1v) is 3.31. The lowest BCUT2D eigenvalue weighted by molar-refractivity contribution is 0.384. The highest BCUT2D eigenvalue weighted by atomic mass is 16.5. The molecule has 11 heavy (non-hydrogen) atoms. The molecule has 0 atom stereocenters. The number of rotatable bonds is 2. The normalized spacial score (nSPS) is 9.18. The first-order chi connectivity index (χ1) is 5.20. The van der Waals surface area contributed by atoms with E-state index in [1.54, 1.807) is 31.2 Å². The monoisotopic (exact) mass is 150 g/mol. The summed E-state index contributed by atoms with van der Waals surface area (Å²) in [5.74, 6) is 1.14. The average Bonchev–Trinajstić information content (AvgIpc) is 1.93. The molecule has 0 aromatic heterocycles. The first kappa shape index (κ1) is 7.66. The second kappa shape index (κ2) is 3.10. The van der Waals surface area contributed by atoms with Crippen LogP contribution in [0.2, 0.25) is 0 Å². The van der Waals surface area contributed by atoms with Gasteiger partial charge in [0.25, 0.3) is 0 Å². The van der Waals surface area contributed by atoms with E-state index >= 15 is 0 Å². The second-order valence-corrected chi connectivity index (χ2v) is 2.27. The van der Waals surface area contributed by atoms with Crippen LogP contribution in [0.4, 0.5) is 0 Å². The van der Waals surface area contributed by atoms with Crippen LogP contribution >= 0.6 is 0 Å². The lowest BCUT2D eigenvalue weighted by Crippen LogP contribution is -1.87. The van der Waals surface area contributed by atoms with E-state index < -0.39 is 0 Å². The summed E-state index contributed by atoms with van der Waals surface area (Å²) in [6.07, 6.45) is 0. The predicted octanol–water partition coefficient (Wildman–Crippen LogP) is 2.30. The van der Waals surface area contributed by atoms with Crippen molar-refractivity contribution >= 4 is 0 Å². The second-order valence-electron chi connectivity index (χ2n) is 2.27. The molecule has 1 N–H and O–H groups in total. The Balaban J connectivity index is 2.86. The molecule has 0 radical (unpaired) electrons. The predicted molar refractivity (Wildman–Crippen MR) is 43.5 cm³/mol. The number of ether oxygens (including phenoxy) is 1. The molecule has 0 unspecified atom stereocenters. The Hall–Kier alpha value is -1.44. The molecule has 2 heteroatoms. The fourth-order valence-electron chi connectivity index (χ4n) is 0.731. The van der Waals surface area contributed by atoms with Gasteiger partial charge in [0.2, 0.25) is 0 Å². The molecule has 2 nitrogen and oxygen atoms in total. The van der Waals surface area contributed by atoms with Gasteiger partial charge in [-0.2, -0.15) is 0 Å². The lowest BCUT2D eigenvalue weighted by atomic mass is 10.3. The van der Waals surface area contributed by atoms with Crippen molar-refractivity contribution in [2.75, 3.05) is 0 Å². The number of phenols is 1. The third-order valence-electron chi connectivity index (χ3n) is 1.15. The number of allylic oxidation sites excluding steroid dienone is 1. The van der Waals surface area contributed by atoms with Crippen LogP contribution in [0.1, 0.15) is 6.92 Å². The fourth-order valence-corrected chi connectivity index (χ4v) is 0.731. The molecule has 1 aromatic rings. The number of para-hydroxylation sites is 2. The van der Waals surface area contributed by atoms with Gasteiger partial charge in [-0.15, -0.1) is 0 Å². The molecule has 1 rings (SSSR count). The zero-order valence-electron chi connectivity index (χ0n) is 6.37. The van der Waals surface area contributed by atoms with Crippen molar-refractivity contribution in [1.29, 1.82) is 0 Å². The number of phenolic OH excluding ortho intramolecular Hbond substituents is 1. The summed E-state index contributed by atoms with van der Waals surface area (Å²) in [6.45, 7) is 5.29. The maximum Gasteiger partial charge on any atom is 0.168 e. The van der Waals surface area contributed by atoms with Gasteiger partial charge < -0.3 is 9.84 Å². The number of hydrogen-bond acceptors (Lipinski definition) is 2. The summed E-state index contributed by atoms with van der Waals surface area (Å²) in [7, 11) is 0. The number of aromatic hydroxyl groups is 1. The molecular formula is C9H10O2. The van der Waals surface area contributed by atoms with E-state index in [2.05, 4.69) is 6.58 Å². The minimum Gasteiger partial charge on any atom is -0.504 e. The van der Waals surface area contributed by atoms with Crippen molar-refractivity contribution in [3.05, 3.63) is 36.6 Å². The molecule has 0 bridgehead atoms. The van der Waals surface area contributed by atoms with Crippen molar-refractivity contribution in [3.8, 4) is 11.5 Å². The molecule has 1 aromatic carbocycles. The van der Waals surface area contributed by atoms with E-state index in [4.69, 9.17) is 4.74 Å². The molecule has 0 aliphatic carbocycles. The molecule has 0 aliphatic rings. The van der Waals surface area contributed by atoms with Crippen LogP contribution in [0.3, 0.4) is 0 Å². The van der Waals surface area contributed by atoms with Crippen LogP contribution in [-0.2, 0) is 0 Å². The zero-order valence-corrected chi connectivity index (χ0v) is 6.37. The van der Waals surface area contributed by atoms with Crippen molar-refractivity contribution in [1.82, 2.24) is 0 Å². The van der Waals surface area contributed by atoms with E-state index in [0.717, 1.165) is 0 Å².